The van der Waals surface area contributed by atoms with Crippen molar-refractivity contribution in [1.82, 2.24) is 10.2 Å². The van der Waals surface area contributed by atoms with Crippen LogP contribution in [0.1, 0.15) is 42.4 Å². The summed E-state index contributed by atoms with van der Waals surface area (Å²) >= 11 is 0. The smallest absolute Gasteiger partial charge is 0.220 e. The Balaban J connectivity index is 1.59. The highest BCUT2D eigenvalue weighted by Gasteiger charge is 2.26. The predicted octanol–water partition coefficient (Wildman–Crippen LogP) is 3.27. The second-order valence-electron chi connectivity index (χ2n) is 6.93. The van der Waals surface area contributed by atoms with Crippen molar-refractivity contribution in [3.8, 4) is 0 Å². The molecule has 2 heterocycles. The standard InChI is InChI=1S/C21H28N2O3/c1-16(18-6-4-3-5-7-18)14-21(24)22-15-19(20-9-8-17(2)26-20)23-10-12-25-13-11-23/h3-9,16,19H,10-15H2,1-2H3,(H,22,24). The molecule has 1 N–H and O–H groups in total. The van der Waals surface area contributed by atoms with E-state index in [-0.39, 0.29) is 17.9 Å². The van der Waals surface area contributed by atoms with Gasteiger partial charge in [0.2, 0.25) is 5.91 Å². The first-order valence-corrected chi connectivity index (χ1v) is 9.33. The second-order valence-corrected chi connectivity index (χ2v) is 6.93. The van der Waals surface area contributed by atoms with Crippen molar-refractivity contribution in [2.45, 2.75) is 32.2 Å². The summed E-state index contributed by atoms with van der Waals surface area (Å²) in [7, 11) is 0. The monoisotopic (exact) mass is 356 g/mol. The Kier molecular flexibility index (Phi) is 6.47. The number of carbonyl (C=O) groups is 1. The van der Waals surface area contributed by atoms with Crippen LogP contribution in [0, 0.1) is 6.92 Å². The molecule has 1 amide bonds. The number of nitrogens with one attached hydrogen (secondary N) is 1. The number of morpholine rings is 1. The van der Waals surface area contributed by atoms with E-state index in [1.54, 1.807) is 0 Å². The Hall–Kier alpha value is -2.11. The van der Waals surface area contributed by atoms with Gasteiger partial charge < -0.3 is 14.5 Å². The fourth-order valence-corrected chi connectivity index (χ4v) is 3.39. The van der Waals surface area contributed by atoms with Gasteiger partial charge in [-0.1, -0.05) is 37.3 Å². The lowest BCUT2D eigenvalue weighted by Gasteiger charge is -2.33. The first-order chi connectivity index (χ1) is 12.6. The van der Waals surface area contributed by atoms with Gasteiger partial charge in [0.15, 0.2) is 0 Å². The third-order valence-electron chi connectivity index (χ3n) is 4.93. The molecule has 1 aliphatic heterocycles. The van der Waals surface area contributed by atoms with Crippen molar-refractivity contribution >= 4 is 5.91 Å². The number of ether oxygens (including phenoxy) is 1. The van der Waals surface area contributed by atoms with Gasteiger partial charge in [-0.05, 0) is 30.5 Å². The Morgan fingerprint density at radius 1 is 1.15 bits per heavy atom. The molecular weight excluding hydrogens is 328 g/mol. The molecule has 5 nitrogen and oxygen atoms in total. The Morgan fingerprint density at radius 3 is 2.54 bits per heavy atom. The summed E-state index contributed by atoms with van der Waals surface area (Å²) in [5.41, 5.74) is 1.19. The number of benzene rings is 1. The number of furan rings is 1. The topological polar surface area (TPSA) is 54.7 Å². The molecule has 1 fully saturated rings. The molecule has 1 aromatic heterocycles. The van der Waals surface area contributed by atoms with E-state index >= 15 is 0 Å². The first-order valence-electron chi connectivity index (χ1n) is 9.33. The van der Waals surface area contributed by atoms with Gasteiger partial charge in [0, 0.05) is 26.1 Å². The molecule has 140 valence electrons. The highest BCUT2D eigenvalue weighted by Crippen LogP contribution is 2.24. The minimum Gasteiger partial charge on any atom is -0.465 e. The molecule has 1 saturated heterocycles. The van der Waals surface area contributed by atoms with E-state index < -0.39 is 0 Å². The normalized spacial score (nSPS) is 17.6. The number of rotatable bonds is 7. The second kappa shape index (κ2) is 9.01. The van der Waals surface area contributed by atoms with E-state index in [0.717, 1.165) is 37.8 Å². The molecule has 1 aliphatic rings. The molecule has 0 spiro atoms. The molecule has 26 heavy (non-hydrogen) atoms. The summed E-state index contributed by atoms with van der Waals surface area (Å²) in [6, 6.07) is 14.2. The molecule has 2 unspecified atom stereocenters. The highest BCUT2D eigenvalue weighted by atomic mass is 16.5. The van der Waals surface area contributed by atoms with E-state index in [0.29, 0.717) is 13.0 Å². The maximum atomic E-state index is 12.5. The number of hydrogen-bond acceptors (Lipinski definition) is 4. The lowest BCUT2D eigenvalue weighted by Crippen LogP contribution is -2.43. The van der Waals surface area contributed by atoms with Gasteiger partial charge in [0.25, 0.3) is 0 Å². The summed E-state index contributed by atoms with van der Waals surface area (Å²) in [5, 5.41) is 3.11. The van der Waals surface area contributed by atoms with Crippen LogP contribution >= 0.6 is 0 Å². The minimum absolute atomic E-state index is 0.0450. The molecular formula is C21H28N2O3. The van der Waals surface area contributed by atoms with Gasteiger partial charge in [-0.15, -0.1) is 0 Å². The molecule has 2 aromatic rings. The zero-order valence-electron chi connectivity index (χ0n) is 15.6. The van der Waals surface area contributed by atoms with E-state index in [1.807, 2.05) is 37.3 Å². The van der Waals surface area contributed by atoms with Crippen molar-refractivity contribution < 1.29 is 13.9 Å². The molecule has 0 aliphatic carbocycles. The lowest BCUT2D eigenvalue weighted by molar-refractivity contribution is -0.121. The summed E-state index contributed by atoms with van der Waals surface area (Å²) in [6.45, 7) is 7.71. The zero-order valence-corrected chi connectivity index (χ0v) is 15.6. The third kappa shape index (κ3) is 4.96. The van der Waals surface area contributed by atoms with Crippen LogP contribution in [0.15, 0.2) is 46.9 Å². The van der Waals surface area contributed by atoms with Crippen LogP contribution in [-0.4, -0.2) is 43.7 Å². The number of aryl methyl sites for hydroxylation is 1. The summed E-state index contributed by atoms with van der Waals surface area (Å²) in [6.07, 6.45) is 0.483. The average Bonchev–Trinajstić information content (AvgIpc) is 3.09. The van der Waals surface area contributed by atoms with Crippen LogP contribution in [0.3, 0.4) is 0 Å². The summed E-state index contributed by atoms with van der Waals surface area (Å²) in [4.78, 5) is 14.8. The summed E-state index contributed by atoms with van der Waals surface area (Å²) in [5.74, 6) is 2.06. The fraction of sp³-hybridized carbons (Fsp3) is 0.476. The van der Waals surface area contributed by atoms with E-state index in [4.69, 9.17) is 9.15 Å². The molecule has 1 aromatic carbocycles. The van der Waals surface area contributed by atoms with E-state index in [2.05, 4.69) is 29.3 Å². The predicted molar refractivity (Wildman–Crippen MR) is 101 cm³/mol. The van der Waals surface area contributed by atoms with Crippen molar-refractivity contribution in [2.24, 2.45) is 0 Å². The third-order valence-corrected chi connectivity index (χ3v) is 4.93. The zero-order chi connectivity index (χ0) is 18.4. The van der Waals surface area contributed by atoms with Crippen LogP contribution in [0.25, 0.3) is 0 Å². The van der Waals surface area contributed by atoms with Gasteiger partial charge in [0.05, 0.1) is 19.3 Å². The molecule has 0 radical (unpaired) electrons. The minimum atomic E-state index is 0.0450. The maximum absolute atomic E-state index is 12.5. The lowest BCUT2D eigenvalue weighted by atomic mass is 9.97. The highest BCUT2D eigenvalue weighted by molar-refractivity contribution is 5.76. The SMILES string of the molecule is Cc1ccc(C(CNC(=O)CC(C)c2ccccc2)N2CCOCC2)o1. The number of amides is 1. The van der Waals surface area contributed by atoms with E-state index in [1.165, 1.54) is 5.56 Å². The van der Waals surface area contributed by atoms with Gasteiger partial charge in [-0.25, -0.2) is 0 Å². The van der Waals surface area contributed by atoms with Crippen LogP contribution in [0.5, 0.6) is 0 Å². The van der Waals surface area contributed by atoms with E-state index in [9.17, 15) is 4.79 Å². The van der Waals surface area contributed by atoms with Gasteiger partial charge >= 0.3 is 0 Å². The Labute approximate surface area is 155 Å². The Bertz CT molecular complexity index is 692. The largest absolute Gasteiger partial charge is 0.465 e. The Morgan fingerprint density at radius 2 is 1.88 bits per heavy atom. The van der Waals surface area contributed by atoms with Crippen molar-refractivity contribution in [2.75, 3.05) is 32.8 Å². The van der Waals surface area contributed by atoms with Crippen molar-refractivity contribution in [3.05, 3.63) is 59.5 Å². The number of nitrogens with zero attached hydrogens (tertiary/aromatic N) is 1. The van der Waals surface area contributed by atoms with Gasteiger partial charge in [-0.2, -0.15) is 0 Å². The van der Waals surface area contributed by atoms with Crippen LogP contribution in [0.2, 0.25) is 0 Å². The molecule has 5 heteroatoms. The summed E-state index contributed by atoms with van der Waals surface area (Å²) < 4.78 is 11.3. The number of hydrogen-bond donors (Lipinski definition) is 1. The average molecular weight is 356 g/mol. The maximum Gasteiger partial charge on any atom is 0.220 e. The fourth-order valence-electron chi connectivity index (χ4n) is 3.39. The molecule has 3 rings (SSSR count). The van der Waals surface area contributed by atoms with Gasteiger partial charge in [0.1, 0.15) is 11.5 Å². The molecule has 0 saturated carbocycles. The van der Waals surface area contributed by atoms with Crippen molar-refractivity contribution in [3.63, 3.8) is 0 Å². The van der Waals surface area contributed by atoms with Crippen molar-refractivity contribution in [1.29, 1.82) is 0 Å². The van der Waals surface area contributed by atoms with Crippen LogP contribution in [-0.2, 0) is 9.53 Å². The number of carbonyl (C=O) groups excluding carboxylic acids is 1. The molecule has 0 bridgehead atoms. The van der Waals surface area contributed by atoms with Gasteiger partial charge in [-0.3, -0.25) is 9.69 Å². The quantitative estimate of drug-likeness (QED) is 0.827. The molecule has 2 atom stereocenters. The van der Waals surface area contributed by atoms with Crippen LogP contribution in [0.4, 0.5) is 0 Å². The first kappa shape index (κ1) is 18.7. The van der Waals surface area contributed by atoms with Crippen LogP contribution < -0.4 is 5.32 Å².